The van der Waals surface area contributed by atoms with Gasteiger partial charge in [-0.1, -0.05) is 48.5 Å². The van der Waals surface area contributed by atoms with Crippen LogP contribution >= 0.6 is 0 Å². The predicted molar refractivity (Wildman–Crippen MR) is 58.7 cm³/mol. The number of aliphatic hydroxyl groups is 1. The van der Waals surface area contributed by atoms with E-state index in [9.17, 15) is 5.11 Å². The van der Waals surface area contributed by atoms with E-state index in [-0.39, 0.29) is 10.8 Å². The first-order valence-electron chi connectivity index (χ1n) is 5.17. The minimum absolute atomic E-state index is 0.0642. The minimum Gasteiger partial charge on any atom is -0.389 e. The van der Waals surface area contributed by atoms with Gasteiger partial charge in [-0.15, -0.1) is 0 Å². The molecule has 0 bridgehead atoms. The largest absolute Gasteiger partial charge is 0.389 e. The first kappa shape index (κ1) is 13.0. The molecule has 1 N–H and O–H groups in total. The molecule has 0 radical (unpaired) electrons. The van der Waals surface area contributed by atoms with E-state index in [0.717, 1.165) is 0 Å². The standard InChI is InChI=1S/C12H26O/c1-9(2)11(6,7)12(8,13)10(3,4)5/h9,13H,1-8H3. The smallest absolute Gasteiger partial charge is 0.0720 e. The predicted octanol–water partition coefficient (Wildman–Crippen LogP) is 3.47. The summed E-state index contributed by atoms with van der Waals surface area (Å²) in [5, 5.41) is 10.5. The van der Waals surface area contributed by atoms with E-state index < -0.39 is 5.60 Å². The summed E-state index contributed by atoms with van der Waals surface area (Å²) in [6.07, 6.45) is 0. The van der Waals surface area contributed by atoms with Crippen molar-refractivity contribution in [3.8, 4) is 0 Å². The lowest BCUT2D eigenvalue weighted by Gasteiger charge is -2.51. The number of hydrogen-bond acceptors (Lipinski definition) is 1. The maximum atomic E-state index is 10.5. The van der Waals surface area contributed by atoms with Gasteiger partial charge in [0.25, 0.3) is 0 Å². The second kappa shape index (κ2) is 3.27. The number of rotatable bonds is 2. The van der Waals surface area contributed by atoms with Crippen LogP contribution in [0.25, 0.3) is 0 Å². The fourth-order valence-corrected chi connectivity index (χ4v) is 1.53. The molecule has 0 fully saturated rings. The highest BCUT2D eigenvalue weighted by Crippen LogP contribution is 2.47. The molecule has 0 heterocycles. The molecule has 0 aromatic rings. The zero-order valence-corrected chi connectivity index (χ0v) is 10.5. The van der Waals surface area contributed by atoms with Crippen LogP contribution in [0.15, 0.2) is 0 Å². The first-order valence-corrected chi connectivity index (χ1v) is 5.17. The van der Waals surface area contributed by atoms with Gasteiger partial charge in [0.1, 0.15) is 0 Å². The molecule has 0 amide bonds. The van der Waals surface area contributed by atoms with Crippen LogP contribution in [0.2, 0.25) is 0 Å². The van der Waals surface area contributed by atoms with E-state index >= 15 is 0 Å². The molecule has 1 heteroatoms. The van der Waals surface area contributed by atoms with E-state index in [1.807, 2.05) is 6.92 Å². The van der Waals surface area contributed by atoms with E-state index in [0.29, 0.717) is 5.92 Å². The summed E-state index contributed by atoms with van der Waals surface area (Å²) in [5.74, 6) is 0.474. The third kappa shape index (κ3) is 2.07. The Bertz CT molecular complexity index is 170. The number of hydrogen-bond donors (Lipinski definition) is 1. The van der Waals surface area contributed by atoms with Gasteiger partial charge in [0.2, 0.25) is 0 Å². The molecule has 1 nitrogen and oxygen atoms in total. The van der Waals surface area contributed by atoms with Crippen LogP contribution in [0, 0.1) is 16.7 Å². The molecule has 0 saturated heterocycles. The lowest BCUT2D eigenvalue weighted by Crippen LogP contribution is -2.54. The van der Waals surface area contributed by atoms with Gasteiger partial charge in [-0.3, -0.25) is 0 Å². The van der Waals surface area contributed by atoms with Crippen LogP contribution in [0.1, 0.15) is 55.4 Å². The molecule has 0 aliphatic rings. The van der Waals surface area contributed by atoms with Gasteiger partial charge in [0.05, 0.1) is 5.60 Å². The zero-order chi connectivity index (χ0) is 11.1. The Morgan fingerprint density at radius 2 is 1.15 bits per heavy atom. The topological polar surface area (TPSA) is 20.2 Å². The molecule has 0 aromatic carbocycles. The Morgan fingerprint density at radius 3 is 1.23 bits per heavy atom. The van der Waals surface area contributed by atoms with Crippen molar-refractivity contribution in [2.45, 2.75) is 61.0 Å². The quantitative estimate of drug-likeness (QED) is 0.700. The summed E-state index contributed by atoms with van der Waals surface area (Å²) in [4.78, 5) is 0. The normalized spacial score (nSPS) is 18.9. The molecule has 80 valence electrons. The van der Waals surface area contributed by atoms with Crippen molar-refractivity contribution in [2.24, 2.45) is 16.7 Å². The SMILES string of the molecule is CC(C)C(C)(C)C(C)(O)C(C)(C)C. The molecule has 0 aromatic heterocycles. The second-order valence-corrected chi connectivity index (χ2v) is 6.20. The summed E-state index contributed by atoms with van der Waals surface area (Å²) < 4.78 is 0. The average Bonchev–Trinajstić information content (AvgIpc) is 1.84. The Balaban J connectivity index is 5.04. The lowest BCUT2D eigenvalue weighted by molar-refractivity contribution is -0.146. The van der Waals surface area contributed by atoms with Crippen molar-refractivity contribution in [3.05, 3.63) is 0 Å². The molecule has 0 aliphatic heterocycles. The molecule has 13 heavy (non-hydrogen) atoms. The van der Waals surface area contributed by atoms with Crippen LogP contribution in [-0.2, 0) is 0 Å². The molecule has 1 unspecified atom stereocenters. The van der Waals surface area contributed by atoms with Crippen LogP contribution in [0.4, 0.5) is 0 Å². The van der Waals surface area contributed by atoms with E-state index in [1.165, 1.54) is 0 Å². The molecule has 0 spiro atoms. The molecule has 0 rings (SSSR count). The van der Waals surface area contributed by atoms with Crippen LogP contribution < -0.4 is 0 Å². The third-order valence-corrected chi connectivity index (χ3v) is 4.16. The third-order valence-electron chi connectivity index (χ3n) is 4.16. The Hall–Kier alpha value is -0.0400. The molecule has 0 aliphatic carbocycles. The Labute approximate surface area is 83.5 Å². The summed E-state index contributed by atoms with van der Waals surface area (Å²) in [5.41, 5.74) is -0.791. The summed E-state index contributed by atoms with van der Waals surface area (Å²) in [6.45, 7) is 16.9. The second-order valence-electron chi connectivity index (χ2n) is 6.20. The summed E-state index contributed by atoms with van der Waals surface area (Å²) >= 11 is 0. The van der Waals surface area contributed by atoms with Crippen LogP contribution in [0.5, 0.6) is 0 Å². The maximum absolute atomic E-state index is 10.5. The van der Waals surface area contributed by atoms with Gasteiger partial charge >= 0.3 is 0 Å². The summed E-state index contributed by atoms with van der Waals surface area (Å²) in [7, 11) is 0. The van der Waals surface area contributed by atoms with Gasteiger partial charge in [-0.2, -0.15) is 0 Å². The van der Waals surface area contributed by atoms with Crippen molar-refractivity contribution >= 4 is 0 Å². The van der Waals surface area contributed by atoms with Crippen molar-refractivity contribution in [1.29, 1.82) is 0 Å². The average molecular weight is 186 g/mol. The van der Waals surface area contributed by atoms with Crippen molar-refractivity contribution in [2.75, 3.05) is 0 Å². The summed E-state index contributed by atoms with van der Waals surface area (Å²) in [6, 6.07) is 0. The van der Waals surface area contributed by atoms with Gasteiger partial charge in [-0.05, 0) is 23.7 Å². The Kier molecular flexibility index (Phi) is 3.26. The van der Waals surface area contributed by atoms with Gasteiger partial charge < -0.3 is 5.11 Å². The molecule has 0 saturated carbocycles. The highest BCUT2D eigenvalue weighted by molar-refractivity contribution is 4.99. The van der Waals surface area contributed by atoms with Crippen molar-refractivity contribution in [1.82, 2.24) is 0 Å². The molecule has 1 atom stereocenters. The van der Waals surface area contributed by atoms with Crippen molar-refractivity contribution < 1.29 is 5.11 Å². The maximum Gasteiger partial charge on any atom is 0.0720 e. The van der Waals surface area contributed by atoms with Gasteiger partial charge in [0.15, 0.2) is 0 Å². The highest BCUT2D eigenvalue weighted by Gasteiger charge is 2.49. The van der Waals surface area contributed by atoms with Crippen LogP contribution in [-0.4, -0.2) is 10.7 Å². The van der Waals surface area contributed by atoms with Gasteiger partial charge in [0, 0.05) is 0 Å². The highest BCUT2D eigenvalue weighted by atomic mass is 16.3. The molecular formula is C12H26O. The van der Waals surface area contributed by atoms with Gasteiger partial charge in [-0.25, -0.2) is 0 Å². The van der Waals surface area contributed by atoms with E-state index in [4.69, 9.17) is 0 Å². The fourth-order valence-electron chi connectivity index (χ4n) is 1.53. The first-order chi connectivity index (χ1) is 5.44. The Morgan fingerprint density at radius 1 is 0.846 bits per heavy atom. The van der Waals surface area contributed by atoms with E-state index in [1.54, 1.807) is 0 Å². The lowest BCUT2D eigenvalue weighted by atomic mass is 9.59. The van der Waals surface area contributed by atoms with Crippen LogP contribution in [0.3, 0.4) is 0 Å². The monoisotopic (exact) mass is 186 g/mol. The fraction of sp³-hybridized carbons (Fsp3) is 1.00. The molecular weight excluding hydrogens is 160 g/mol. The van der Waals surface area contributed by atoms with E-state index in [2.05, 4.69) is 48.5 Å². The zero-order valence-electron chi connectivity index (χ0n) is 10.5. The van der Waals surface area contributed by atoms with Crippen molar-refractivity contribution in [3.63, 3.8) is 0 Å². The minimum atomic E-state index is -0.645.